The molecule has 0 aliphatic carbocycles. The van der Waals surface area contributed by atoms with Gasteiger partial charge in [-0.2, -0.15) is 13.2 Å². The van der Waals surface area contributed by atoms with Crippen LogP contribution in [-0.4, -0.2) is 71.4 Å². The number of alkyl halides is 3. The van der Waals surface area contributed by atoms with E-state index in [2.05, 4.69) is 15.6 Å². The van der Waals surface area contributed by atoms with Gasteiger partial charge in [-0.05, 0) is 82.5 Å². The predicted octanol–water partition coefficient (Wildman–Crippen LogP) is 5.56. The summed E-state index contributed by atoms with van der Waals surface area (Å²) in [5.74, 6) is -0.691. The summed E-state index contributed by atoms with van der Waals surface area (Å²) in [6.45, 7) is 8.08. The first kappa shape index (κ1) is 38.4. The quantitative estimate of drug-likeness (QED) is 0.290. The predicted molar refractivity (Wildman–Crippen MR) is 180 cm³/mol. The van der Waals surface area contributed by atoms with Crippen LogP contribution in [0.3, 0.4) is 0 Å². The number of likely N-dealkylation sites (tertiary alicyclic amines) is 1. The summed E-state index contributed by atoms with van der Waals surface area (Å²) in [5, 5.41) is 4.79. The second kappa shape index (κ2) is 14.8. The fourth-order valence-corrected chi connectivity index (χ4v) is 7.17. The molecule has 0 saturated carbocycles. The van der Waals surface area contributed by atoms with Crippen LogP contribution in [0.4, 0.5) is 18.0 Å². The zero-order valence-electron chi connectivity index (χ0n) is 27.6. The third-order valence-corrected chi connectivity index (χ3v) is 10.4. The Balaban J connectivity index is 1.60. The summed E-state index contributed by atoms with van der Waals surface area (Å²) >= 11 is 12.7. The minimum atomic E-state index is -4.89. The van der Waals surface area contributed by atoms with Crippen molar-refractivity contribution >= 4 is 55.9 Å². The van der Waals surface area contributed by atoms with Crippen molar-refractivity contribution in [1.82, 2.24) is 25.1 Å². The van der Waals surface area contributed by atoms with E-state index in [0.29, 0.717) is 19.4 Å². The molecule has 268 valence electrons. The summed E-state index contributed by atoms with van der Waals surface area (Å²) in [6, 6.07) is 3.47. The lowest BCUT2D eigenvalue weighted by molar-refractivity contribution is -0.138. The first-order chi connectivity index (χ1) is 22.7. The highest BCUT2D eigenvalue weighted by atomic mass is 35.5. The van der Waals surface area contributed by atoms with E-state index in [1.54, 1.807) is 25.7 Å². The molecule has 1 aliphatic rings. The van der Waals surface area contributed by atoms with Crippen molar-refractivity contribution < 1.29 is 35.9 Å². The molecule has 1 aliphatic heterocycles. The highest BCUT2D eigenvalue weighted by Gasteiger charge is 2.37. The minimum Gasteiger partial charge on any atom is -0.444 e. The highest BCUT2D eigenvalue weighted by molar-refractivity contribution is 7.91. The Morgan fingerprint density at radius 3 is 2.47 bits per heavy atom. The Morgan fingerprint density at radius 2 is 1.84 bits per heavy atom. The number of benzene rings is 2. The molecule has 0 unspecified atom stereocenters. The molecule has 4 rings (SSSR count). The standard InChI is InChI=1S/C32H38Cl2F3N5O6S/c1-6-49(46,47)25-10-9-20(33)12-19(25)14-42-17-38-27-22(29(42)44)13-24(32(35,36)37)23(26(27)34)16-41-11-7-8-21(15-41)40-28(43)18(2)39-30(45)48-31(3,4)5/h9-10,12-13,17-18,21H,6-8,11,14-16H2,1-5H3,(H,39,45)(H,40,43)/t18-,21+/m1/s1. The highest BCUT2D eigenvalue weighted by Crippen LogP contribution is 2.39. The van der Waals surface area contributed by atoms with Gasteiger partial charge in [0.2, 0.25) is 5.91 Å². The monoisotopic (exact) mass is 747 g/mol. The Bertz CT molecular complexity index is 1910. The summed E-state index contributed by atoms with van der Waals surface area (Å²) in [6.07, 6.45) is -3.41. The molecular weight excluding hydrogens is 710 g/mol. The fourth-order valence-electron chi connectivity index (χ4n) is 5.55. The van der Waals surface area contributed by atoms with Crippen LogP contribution >= 0.6 is 23.2 Å². The molecule has 2 aromatic carbocycles. The van der Waals surface area contributed by atoms with Gasteiger partial charge in [0.25, 0.3) is 5.56 Å². The minimum absolute atomic E-state index is 0.0551. The molecule has 2 N–H and O–H groups in total. The molecule has 2 heterocycles. The Hall–Kier alpha value is -3.40. The number of carbonyl (C=O) groups is 2. The number of halogens is 5. The van der Waals surface area contributed by atoms with E-state index in [0.717, 1.165) is 17.0 Å². The zero-order chi connectivity index (χ0) is 36.5. The molecule has 1 aromatic heterocycles. The van der Waals surface area contributed by atoms with Gasteiger partial charge in [0.1, 0.15) is 11.6 Å². The number of hydrogen-bond acceptors (Lipinski definition) is 8. The van der Waals surface area contributed by atoms with E-state index in [4.69, 9.17) is 27.9 Å². The normalized spacial score (nSPS) is 16.7. The molecule has 1 fully saturated rings. The van der Waals surface area contributed by atoms with Crippen LogP contribution in [0.2, 0.25) is 10.0 Å². The SMILES string of the molecule is CCS(=O)(=O)c1ccc(Cl)cc1Cn1cnc2c(Cl)c(CN3CCC[C@H](NC(=O)[C@@H](C)NC(=O)OC(C)(C)C)C3)c(C(F)(F)F)cc2c1=O. The summed E-state index contributed by atoms with van der Waals surface area (Å²) < 4.78 is 75.1. The van der Waals surface area contributed by atoms with Gasteiger partial charge in [0, 0.05) is 24.2 Å². The second-order valence-corrected chi connectivity index (χ2v) is 16.0. The average Bonchev–Trinajstić information content (AvgIpc) is 2.98. The average molecular weight is 749 g/mol. The number of amides is 2. The maximum Gasteiger partial charge on any atom is 0.416 e. The molecular formula is C32H38Cl2F3N5O6S. The lowest BCUT2D eigenvalue weighted by atomic mass is 10.00. The largest absolute Gasteiger partial charge is 0.444 e. The molecule has 3 aromatic rings. The van der Waals surface area contributed by atoms with Crippen molar-refractivity contribution in [3.8, 4) is 0 Å². The van der Waals surface area contributed by atoms with Crippen LogP contribution in [0.25, 0.3) is 10.9 Å². The van der Waals surface area contributed by atoms with Crippen molar-refractivity contribution in [2.24, 2.45) is 0 Å². The summed E-state index contributed by atoms with van der Waals surface area (Å²) in [5.41, 5.74) is -2.95. The third-order valence-electron chi connectivity index (χ3n) is 7.90. The molecule has 17 heteroatoms. The number of ether oxygens (including phenoxy) is 1. The number of alkyl carbamates (subject to hydrolysis) is 1. The zero-order valence-corrected chi connectivity index (χ0v) is 29.9. The smallest absolute Gasteiger partial charge is 0.416 e. The number of carbonyl (C=O) groups excluding carboxylic acids is 2. The fraction of sp³-hybridized carbons (Fsp3) is 0.500. The number of hydrogen-bond donors (Lipinski definition) is 2. The Kier molecular flexibility index (Phi) is 11.6. The molecule has 1 saturated heterocycles. The van der Waals surface area contributed by atoms with Gasteiger partial charge in [-0.3, -0.25) is 19.1 Å². The molecule has 0 spiro atoms. The number of aromatic nitrogens is 2. The second-order valence-electron chi connectivity index (χ2n) is 12.9. The number of nitrogens with zero attached hydrogens (tertiary/aromatic N) is 3. The lowest BCUT2D eigenvalue weighted by Gasteiger charge is -2.34. The number of sulfone groups is 1. The van der Waals surface area contributed by atoms with Crippen molar-refractivity contribution in [3.63, 3.8) is 0 Å². The van der Waals surface area contributed by atoms with Crippen LogP contribution in [0.1, 0.15) is 64.2 Å². The first-order valence-corrected chi connectivity index (χ1v) is 17.9. The van der Waals surface area contributed by atoms with Gasteiger partial charge < -0.3 is 15.4 Å². The van der Waals surface area contributed by atoms with Crippen LogP contribution in [0, 0.1) is 0 Å². The van der Waals surface area contributed by atoms with Crippen molar-refractivity contribution in [2.75, 3.05) is 18.8 Å². The number of piperidine rings is 1. The molecule has 0 bridgehead atoms. The first-order valence-electron chi connectivity index (χ1n) is 15.5. The van der Waals surface area contributed by atoms with E-state index in [1.807, 2.05) is 0 Å². The van der Waals surface area contributed by atoms with Gasteiger partial charge in [-0.25, -0.2) is 18.2 Å². The molecule has 2 amide bonds. The van der Waals surface area contributed by atoms with E-state index in [1.165, 1.54) is 32.0 Å². The molecule has 11 nitrogen and oxygen atoms in total. The van der Waals surface area contributed by atoms with E-state index < -0.39 is 56.8 Å². The molecule has 2 atom stereocenters. The van der Waals surface area contributed by atoms with Crippen LogP contribution in [-0.2, 0) is 38.6 Å². The van der Waals surface area contributed by atoms with Crippen molar-refractivity contribution in [2.45, 2.75) is 89.3 Å². The van der Waals surface area contributed by atoms with Gasteiger partial charge in [-0.1, -0.05) is 30.1 Å². The number of rotatable bonds is 9. The summed E-state index contributed by atoms with van der Waals surface area (Å²) in [7, 11) is -3.71. The van der Waals surface area contributed by atoms with Crippen molar-refractivity contribution in [1.29, 1.82) is 0 Å². The topological polar surface area (TPSA) is 140 Å². The van der Waals surface area contributed by atoms with E-state index >= 15 is 0 Å². The van der Waals surface area contributed by atoms with Gasteiger partial charge in [-0.15, -0.1) is 0 Å². The van der Waals surface area contributed by atoms with Gasteiger partial charge in [0.05, 0.1) is 45.0 Å². The van der Waals surface area contributed by atoms with Gasteiger partial charge in [0.15, 0.2) is 9.84 Å². The van der Waals surface area contributed by atoms with Crippen LogP contribution < -0.4 is 16.2 Å². The van der Waals surface area contributed by atoms with E-state index in [9.17, 15) is 36.0 Å². The lowest BCUT2D eigenvalue weighted by Crippen LogP contribution is -2.53. The van der Waals surface area contributed by atoms with Crippen LogP contribution in [0.5, 0.6) is 0 Å². The Morgan fingerprint density at radius 1 is 1.14 bits per heavy atom. The number of fused-ring (bicyclic) bond motifs is 1. The van der Waals surface area contributed by atoms with Gasteiger partial charge >= 0.3 is 12.3 Å². The van der Waals surface area contributed by atoms with E-state index in [-0.39, 0.29) is 62.4 Å². The van der Waals surface area contributed by atoms with Crippen LogP contribution in [0.15, 0.2) is 40.3 Å². The maximum absolute atomic E-state index is 14.5. The Labute approximate surface area is 292 Å². The third kappa shape index (κ3) is 9.44. The molecule has 0 radical (unpaired) electrons. The molecule has 49 heavy (non-hydrogen) atoms. The summed E-state index contributed by atoms with van der Waals surface area (Å²) in [4.78, 5) is 44.3. The maximum atomic E-state index is 14.5. The number of nitrogens with one attached hydrogen (secondary N) is 2. The van der Waals surface area contributed by atoms with Crippen molar-refractivity contribution in [3.05, 3.63) is 67.7 Å².